The van der Waals surface area contributed by atoms with Gasteiger partial charge in [-0.05, 0) is 67.4 Å². The van der Waals surface area contributed by atoms with Crippen LogP contribution in [0.3, 0.4) is 0 Å². The number of pyridine rings is 1. The highest BCUT2D eigenvalue weighted by Crippen LogP contribution is 2.29. The van der Waals surface area contributed by atoms with Crippen LogP contribution in [0, 0.1) is 5.92 Å². The van der Waals surface area contributed by atoms with Crippen molar-refractivity contribution in [1.29, 1.82) is 0 Å². The Balaban J connectivity index is 1.18. The Labute approximate surface area is 191 Å². The van der Waals surface area contributed by atoms with Gasteiger partial charge in [-0.1, -0.05) is 25.3 Å². The van der Waals surface area contributed by atoms with E-state index >= 15 is 0 Å². The summed E-state index contributed by atoms with van der Waals surface area (Å²) in [7, 11) is 0. The highest BCUT2D eigenvalue weighted by Gasteiger charge is 2.24. The minimum atomic E-state index is 0.468. The van der Waals surface area contributed by atoms with Gasteiger partial charge in [0.25, 0.3) is 0 Å². The minimum absolute atomic E-state index is 0.468. The van der Waals surface area contributed by atoms with Crippen molar-refractivity contribution >= 4 is 28.4 Å². The summed E-state index contributed by atoms with van der Waals surface area (Å²) in [6.07, 6.45) is 11.6. The zero-order valence-corrected chi connectivity index (χ0v) is 18.9. The van der Waals surface area contributed by atoms with E-state index in [-0.39, 0.29) is 0 Å². The second kappa shape index (κ2) is 9.29. The average molecular weight is 428 g/mol. The number of nitrogens with one attached hydrogen (secondary N) is 1. The molecule has 32 heavy (non-hydrogen) atoms. The number of allylic oxidation sites excluding steroid dienone is 2. The van der Waals surface area contributed by atoms with Crippen LogP contribution < -0.4 is 5.32 Å². The molecule has 166 valence electrons. The van der Waals surface area contributed by atoms with Gasteiger partial charge >= 0.3 is 0 Å². The van der Waals surface area contributed by atoms with E-state index in [0.29, 0.717) is 5.92 Å². The molecule has 1 aromatic heterocycles. The van der Waals surface area contributed by atoms with Gasteiger partial charge in [-0.3, -0.25) is 9.89 Å². The number of anilines is 1. The highest BCUT2D eigenvalue weighted by atomic mass is 15.2. The number of likely N-dealkylation sites (tertiary alicyclic amines) is 2. The average Bonchev–Trinajstić information content (AvgIpc) is 3.53. The van der Waals surface area contributed by atoms with E-state index in [0.717, 1.165) is 55.8 Å². The van der Waals surface area contributed by atoms with Crippen molar-refractivity contribution in [3.63, 3.8) is 0 Å². The largest absolute Gasteiger partial charge is 0.374 e. The van der Waals surface area contributed by atoms with Gasteiger partial charge < -0.3 is 10.2 Å². The zero-order valence-electron chi connectivity index (χ0n) is 18.9. The van der Waals surface area contributed by atoms with Crippen LogP contribution in [0.4, 0.5) is 5.82 Å². The Morgan fingerprint density at radius 2 is 1.84 bits per heavy atom. The quantitative estimate of drug-likeness (QED) is 0.651. The first-order valence-electron chi connectivity index (χ1n) is 11.9. The molecule has 0 bridgehead atoms. The number of piperidine rings is 1. The topological polar surface area (TPSA) is 43.8 Å². The number of aliphatic imine (C=N–C) groups is 1. The fourth-order valence-electron chi connectivity index (χ4n) is 5.06. The molecule has 0 saturated carbocycles. The maximum Gasteiger partial charge on any atom is 0.130 e. The first kappa shape index (κ1) is 21.0. The minimum Gasteiger partial charge on any atom is -0.374 e. The van der Waals surface area contributed by atoms with Crippen LogP contribution in [0.15, 0.2) is 66.2 Å². The highest BCUT2D eigenvalue weighted by molar-refractivity contribution is 5.91. The Hall–Kier alpha value is -2.92. The van der Waals surface area contributed by atoms with Crippen molar-refractivity contribution < 1.29 is 0 Å². The van der Waals surface area contributed by atoms with Crippen LogP contribution in [0.5, 0.6) is 0 Å². The third-order valence-electron chi connectivity index (χ3n) is 7.07. The molecule has 5 nitrogen and oxygen atoms in total. The van der Waals surface area contributed by atoms with Crippen molar-refractivity contribution in [3.8, 4) is 0 Å². The van der Waals surface area contributed by atoms with Crippen molar-refractivity contribution in [2.75, 3.05) is 38.0 Å². The number of hydrogen-bond donors (Lipinski definition) is 1. The van der Waals surface area contributed by atoms with E-state index in [4.69, 9.17) is 0 Å². The first-order valence-corrected chi connectivity index (χ1v) is 11.9. The number of fused-ring (bicyclic) bond motifs is 1. The Morgan fingerprint density at radius 1 is 1.03 bits per heavy atom. The van der Waals surface area contributed by atoms with Crippen LogP contribution in [0.25, 0.3) is 16.3 Å². The lowest BCUT2D eigenvalue weighted by atomic mass is 9.93. The number of hydrogen-bond acceptors (Lipinski definition) is 5. The molecule has 0 unspecified atom stereocenters. The maximum absolute atomic E-state index is 4.63. The van der Waals surface area contributed by atoms with Crippen molar-refractivity contribution in [1.82, 2.24) is 14.8 Å². The summed E-state index contributed by atoms with van der Waals surface area (Å²) < 4.78 is 0. The monoisotopic (exact) mass is 427 g/mol. The van der Waals surface area contributed by atoms with Gasteiger partial charge in [-0.25, -0.2) is 4.98 Å². The van der Waals surface area contributed by atoms with Crippen molar-refractivity contribution in [3.05, 3.63) is 66.8 Å². The van der Waals surface area contributed by atoms with E-state index in [1.807, 2.05) is 18.6 Å². The van der Waals surface area contributed by atoms with Crippen molar-refractivity contribution in [2.45, 2.75) is 32.1 Å². The molecular formula is C27H33N5. The molecule has 0 amide bonds. The molecule has 0 radical (unpaired) electrons. The zero-order chi connectivity index (χ0) is 21.9. The molecule has 0 spiro atoms. The van der Waals surface area contributed by atoms with E-state index in [2.05, 4.69) is 62.5 Å². The Bertz CT molecular complexity index is 1070. The van der Waals surface area contributed by atoms with Gasteiger partial charge in [0.05, 0.1) is 0 Å². The summed E-state index contributed by atoms with van der Waals surface area (Å²) in [5, 5.41) is 5.84. The van der Waals surface area contributed by atoms with E-state index in [1.54, 1.807) is 0 Å². The predicted molar refractivity (Wildman–Crippen MR) is 135 cm³/mol. The van der Waals surface area contributed by atoms with Gasteiger partial charge in [0.1, 0.15) is 5.82 Å². The molecule has 1 aromatic carbocycles. The van der Waals surface area contributed by atoms with Gasteiger partial charge in [0.2, 0.25) is 0 Å². The Morgan fingerprint density at radius 3 is 2.59 bits per heavy atom. The van der Waals surface area contributed by atoms with Crippen LogP contribution in [-0.2, 0) is 0 Å². The molecule has 3 aliphatic heterocycles. The lowest BCUT2D eigenvalue weighted by molar-refractivity contribution is 0.222. The molecule has 3 aliphatic rings. The molecule has 5 heteroatoms. The summed E-state index contributed by atoms with van der Waals surface area (Å²) in [6.45, 7) is 14.3. The molecule has 2 aromatic rings. The lowest BCUT2D eigenvalue weighted by Crippen LogP contribution is -2.37. The summed E-state index contributed by atoms with van der Waals surface area (Å²) >= 11 is 0. The van der Waals surface area contributed by atoms with Gasteiger partial charge in [-0.15, -0.1) is 0 Å². The molecule has 4 heterocycles. The van der Waals surface area contributed by atoms with E-state index < -0.39 is 0 Å². The molecule has 1 N–H and O–H groups in total. The third-order valence-corrected chi connectivity index (χ3v) is 7.07. The third kappa shape index (κ3) is 4.63. The molecule has 2 saturated heterocycles. The smallest absolute Gasteiger partial charge is 0.130 e. The standard InChI is InChI=1S/C27H33N5/c1-20(19-31-11-3-4-12-31)32-13-8-22(9-14-32)21(2)30-27-16-26-15-23(25-7-10-28-17-25)5-6-24(26)18-29-27/h5-6,10,15-18,22H,1-4,7-9,11-14,19H2,(H,29,30). The lowest BCUT2D eigenvalue weighted by Gasteiger charge is -2.36. The second-order valence-corrected chi connectivity index (χ2v) is 9.28. The normalized spacial score (nSPS) is 19.5. The van der Waals surface area contributed by atoms with Gasteiger partial charge in [0.15, 0.2) is 0 Å². The van der Waals surface area contributed by atoms with Crippen molar-refractivity contribution in [2.24, 2.45) is 10.9 Å². The number of aromatic nitrogens is 1. The fraction of sp³-hybridized carbons (Fsp3) is 0.407. The maximum atomic E-state index is 4.63. The summed E-state index contributed by atoms with van der Waals surface area (Å²) in [5.74, 6) is 1.34. The molecule has 0 atom stereocenters. The predicted octanol–water partition coefficient (Wildman–Crippen LogP) is 5.30. The van der Waals surface area contributed by atoms with E-state index in [1.165, 1.54) is 48.2 Å². The van der Waals surface area contributed by atoms with Gasteiger partial charge in [-0.2, -0.15) is 0 Å². The van der Waals surface area contributed by atoms with Crippen LogP contribution in [0.1, 0.15) is 37.7 Å². The number of nitrogens with zero attached hydrogens (tertiary/aromatic N) is 4. The number of benzene rings is 1. The number of rotatable bonds is 7. The first-order chi connectivity index (χ1) is 15.7. The summed E-state index contributed by atoms with van der Waals surface area (Å²) in [6, 6.07) is 8.66. The fourth-order valence-corrected chi connectivity index (χ4v) is 5.06. The SMILES string of the molecule is C=C(Nc1cc2cc(C3=CN=CC3)ccc2cn1)C1CCN(C(=C)CN2CCCC2)CC1. The molecule has 2 fully saturated rings. The molecule has 0 aliphatic carbocycles. The summed E-state index contributed by atoms with van der Waals surface area (Å²) in [4.78, 5) is 13.9. The molecular weight excluding hydrogens is 394 g/mol. The van der Waals surface area contributed by atoms with Crippen LogP contribution in [-0.4, -0.2) is 53.7 Å². The van der Waals surface area contributed by atoms with Gasteiger partial charge in [0, 0.05) is 67.4 Å². The van der Waals surface area contributed by atoms with E-state index in [9.17, 15) is 0 Å². The summed E-state index contributed by atoms with van der Waals surface area (Å²) in [5.41, 5.74) is 4.84. The Kier molecular flexibility index (Phi) is 6.08. The van der Waals surface area contributed by atoms with Crippen LogP contribution >= 0.6 is 0 Å². The van der Waals surface area contributed by atoms with Crippen LogP contribution in [0.2, 0.25) is 0 Å². The second-order valence-electron chi connectivity index (χ2n) is 9.28. The molecule has 5 rings (SSSR count).